The maximum absolute atomic E-state index is 11.6. The van der Waals surface area contributed by atoms with Crippen molar-refractivity contribution in [2.45, 2.75) is 25.9 Å². The van der Waals surface area contributed by atoms with Crippen LogP contribution in [0.1, 0.15) is 19.8 Å². The van der Waals surface area contributed by atoms with Gasteiger partial charge in [-0.3, -0.25) is 0 Å². The van der Waals surface area contributed by atoms with Gasteiger partial charge in [0.1, 0.15) is 0 Å². The second kappa shape index (κ2) is 7.76. The van der Waals surface area contributed by atoms with Crippen LogP contribution in [0, 0.1) is 0 Å². The van der Waals surface area contributed by atoms with Crippen LogP contribution in [0.5, 0.6) is 0 Å². The molecule has 0 radical (unpaired) electrons. The molecule has 0 aromatic heterocycles. The molecule has 0 aromatic rings. The van der Waals surface area contributed by atoms with E-state index in [1.54, 1.807) is 4.90 Å². The summed E-state index contributed by atoms with van der Waals surface area (Å²) in [5.74, 6) is 0. The molecule has 96 valence electrons. The summed E-state index contributed by atoms with van der Waals surface area (Å²) in [5, 5.41) is 3.44. The van der Waals surface area contributed by atoms with Crippen LogP contribution in [0.2, 0.25) is 0 Å². The van der Waals surface area contributed by atoms with E-state index in [2.05, 4.69) is 10.0 Å². The Morgan fingerprint density at radius 2 is 2.53 bits per heavy atom. The van der Waals surface area contributed by atoms with Crippen LogP contribution >= 0.6 is 0 Å². The fourth-order valence-corrected chi connectivity index (χ4v) is 1.52. The van der Waals surface area contributed by atoms with Crippen LogP contribution < -0.4 is 0 Å². The van der Waals surface area contributed by atoms with Crippen LogP contribution in [-0.4, -0.2) is 49.9 Å². The van der Waals surface area contributed by atoms with E-state index in [0.29, 0.717) is 26.3 Å². The summed E-state index contributed by atoms with van der Waals surface area (Å²) < 4.78 is 10.5. The van der Waals surface area contributed by atoms with Gasteiger partial charge in [0.15, 0.2) is 0 Å². The van der Waals surface area contributed by atoms with Crippen LogP contribution in [-0.2, 0) is 9.47 Å². The van der Waals surface area contributed by atoms with Gasteiger partial charge in [0.25, 0.3) is 0 Å². The molecule has 0 aromatic carbocycles. The highest BCUT2D eigenvalue weighted by atomic mass is 16.6. The molecule has 0 spiro atoms. The number of morpholine rings is 1. The van der Waals surface area contributed by atoms with E-state index in [0.717, 1.165) is 12.8 Å². The molecule has 1 heterocycles. The van der Waals surface area contributed by atoms with Gasteiger partial charge in [0.2, 0.25) is 0 Å². The Bertz CT molecular complexity index is 291. The Morgan fingerprint density at radius 3 is 3.24 bits per heavy atom. The van der Waals surface area contributed by atoms with Gasteiger partial charge < -0.3 is 14.4 Å². The summed E-state index contributed by atoms with van der Waals surface area (Å²) in [4.78, 5) is 15.9. The van der Waals surface area contributed by atoms with E-state index in [1.807, 2.05) is 6.92 Å². The van der Waals surface area contributed by atoms with Crippen molar-refractivity contribution in [1.82, 2.24) is 4.90 Å². The monoisotopic (exact) mass is 242 g/mol. The molecule has 1 aliphatic heterocycles. The Balaban J connectivity index is 2.32. The molecule has 0 bridgehead atoms. The van der Waals surface area contributed by atoms with Gasteiger partial charge in [-0.2, -0.15) is 0 Å². The fraction of sp³-hybridized carbons (Fsp3) is 0.900. The average Bonchev–Trinajstić information content (AvgIpc) is 2.37. The van der Waals surface area contributed by atoms with E-state index < -0.39 is 0 Å². The zero-order valence-electron chi connectivity index (χ0n) is 10.0. The average molecular weight is 242 g/mol. The zero-order valence-corrected chi connectivity index (χ0v) is 10.0. The minimum Gasteiger partial charge on any atom is -0.449 e. The molecule has 1 unspecified atom stereocenters. The number of unbranched alkanes of at least 4 members (excludes halogenated alkanes) is 1. The fourth-order valence-electron chi connectivity index (χ4n) is 1.52. The second-order valence-electron chi connectivity index (χ2n) is 3.82. The highest BCUT2D eigenvalue weighted by molar-refractivity contribution is 5.67. The van der Waals surface area contributed by atoms with Crippen LogP contribution in [0.3, 0.4) is 0 Å². The number of hydrogen-bond donors (Lipinski definition) is 0. The van der Waals surface area contributed by atoms with E-state index in [9.17, 15) is 4.79 Å². The molecule has 1 fully saturated rings. The lowest BCUT2D eigenvalue weighted by Crippen LogP contribution is -2.46. The first kappa shape index (κ1) is 13.6. The first-order chi connectivity index (χ1) is 8.27. The lowest BCUT2D eigenvalue weighted by atomic mass is 10.3. The van der Waals surface area contributed by atoms with Crippen molar-refractivity contribution in [2.24, 2.45) is 5.11 Å². The number of azide groups is 1. The number of amides is 1. The maximum Gasteiger partial charge on any atom is 0.409 e. The first-order valence-electron chi connectivity index (χ1n) is 5.82. The lowest BCUT2D eigenvalue weighted by Gasteiger charge is -2.31. The van der Waals surface area contributed by atoms with Crippen molar-refractivity contribution in [2.75, 3.05) is 32.8 Å². The third-order valence-corrected chi connectivity index (χ3v) is 2.47. The SMILES string of the molecule is CCCCOC(=O)N1CCOC(CN=[N+]=[N-])C1. The number of carbonyl (C=O) groups excluding carboxylic acids is 1. The van der Waals surface area contributed by atoms with Gasteiger partial charge in [-0.15, -0.1) is 0 Å². The number of rotatable bonds is 5. The molecule has 1 saturated heterocycles. The molecular formula is C10H18N4O3. The topological polar surface area (TPSA) is 87.5 Å². The Kier molecular flexibility index (Phi) is 6.21. The molecule has 17 heavy (non-hydrogen) atoms. The molecular weight excluding hydrogens is 224 g/mol. The molecule has 7 heteroatoms. The van der Waals surface area contributed by atoms with E-state index in [1.165, 1.54) is 0 Å². The van der Waals surface area contributed by atoms with Crippen molar-refractivity contribution in [3.05, 3.63) is 10.4 Å². The molecule has 0 N–H and O–H groups in total. The van der Waals surface area contributed by atoms with Crippen molar-refractivity contribution in [1.29, 1.82) is 0 Å². The summed E-state index contributed by atoms with van der Waals surface area (Å²) >= 11 is 0. The van der Waals surface area contributed by atoms with Gasteiger partial charge >= 0.3 is 6.09 Å². The summed E-state index contributed by atoms with van der Waals surface area (Å²) in [7, 11) is 0. The normalized spacial score (nSPS) is 19.6. The summed E-state index contributed by atoms with van der Waals surface area (Å²) in [6.45, 7) is 4.14. The number of carbonyl (C=O) groups is 1. The van der Waals surface area contributed by atoms with Crippen LogP contribution in [0.15, 0.2) is 5.11 Å². The number of nitrogens with zero attached hydrogens (tertiary/aromatic N) is 4. The largest absolute Gasteiger partial charge is 0.449 e. The van der Waals surface area contributed by atoms with Gasteiger partial charge in [-0.05, 0) is 12.0 Å². The molecule has 0 aliphatic carbocycles. The van der Waals surface area contributed by atoms with Crippen molar-refractivity contribution >= 4 is 6.09 Å². The maximum atomic E-state index is 11.6. The summed E-state index contributed by atoms with van der Waals surface area (Å²) in [5.41, 5.74) is 8.21. The number of ether oxygens (including phenoxy) is 2. The van der Waals surface area contributed by atoms with Gasteiger partial charge in [0, 0.05) is 11.5 Å². The predicted molar refractivity (Wildman–Crippen MR) is 61.6 cm³/mol. The standard InChI is InChI=1S/C10H18N4O3/c1-2-3-5-17-10(15)14-4-6-16-9(8-14)7-12-13-11/h9H,2-8H2,1H3. The molecule has 7 nitrogen and oxygen atoms in total. The van der Waals surface area contributed by atoms with E-state index in [4.69, 9.17) is 15.0 Å². The summed E-state index contributed by atoms with van der Waals surface area (Å²) in [6, 6.07) is 0. The highest BCUT2D eigenvalue weighted by Gasteiger charge is 2.24. The van der Waals surface area contributed by atoms with Crippen molar-refractivity contribution in [3.8, 4) is 0 Å². The Labute approximate surface area is 100 Å². The molecule has 1 rings (SSSR count). The first-order valence-corrected chi connectivity index (χ1v) is 5.82. The molecule has 1 amide bonds. The van der Waals surface area contributed by atoms with E-state index in [-0.39, 0.29) is 18.7 Å². The minimum absolute atomic E-state index is 0.224. The lowest BCUT2D eigenvalue weighted by molar-refractivity contribution is -0.0225. The quantitative estimate of drug-likeness (QED) is 0.319. The second-order valence-corrected chi connectivity index (χ2v) is 3.82. The molecule has 1 aliphatic rings. The smallest absolute Gasteiger partial charge is 0.409 e. The number of hydrogen-bond acceptors (Lipinski definition) is 4. The van der Waals surface area contributed by atoms with Gasteiger partial charge in [0.05, 0.1) is 32.4 Å². The van der Waals surface area contributed by atoms with Crippen LogP contribution in [0.4, 0.5) is 4.79 Å². The van der Waals surface area contributed by atoms with Crippen molar-refractivity contribution < 1.29 is 14.3 Å². The molecule has 0 saturated carbocycles. The summed E-state index contributed by atoms with van der Waals surface area (Å²) in [6.07, 6.45) is 1.33. The molecule has 1 atom stereocenters. The van der Waals surface area contributed by atoms with Crippen molar-refractivity contribution in [3.63, 3.8) is 0 Å². The predicted octanol–water partition coefficient (Wildman–Crippen LogP) is 1.93. The van der Waals surface area contributed by atoms with E-state index >= 15 is 0 Å². The zero-order chi connectivity index (χ0) is 12.5. The van der Waals surface area contributed by atoms with Gasteiger partial charge in [-0.25, -0.2) is 4.79 Å². The third-order valence-electron chi connectivity index (χ3n) is 2.47. The highest BCUT2D eigenvalue weighted by Crippen LogP contribution is 2.07. The Morgan fingerprint density at radius 1 is 1.71 bits per heavy atom. The Hall–Kier alpha value is -1.46. The minimum atomic E-state index is -0.312. The van der Waals surface area contributed by atoms with Crippen LogP contribution in [0.25, 0.3) is 10.4 Å². The van der Waals surface area contributed by atoms with Gasteiger partial charge in [-0.1, -0.05) is 18.5 Å². The third kappa shape index (κ3) is 4.93.